The molecule has 0 N–H and O–H groups in total. The summed E-state index contributed by atoms with van der Waals surface area (Å²) >= 11 is 0. The second-order valence-corrected chi connectivity index (χ2v) is 8.94. The molecule has 0 atom stereocenters. The van der Waals surface area contributed by atoms with Crippen molar-refractivity contribution < 1.29 is 0 Å². The molecule has 5 fully saturated rings. The monoisotopic (exact) mass is 259 g/mol. The van der Waals surface area contributed by atoms with Crippen LogP contribution in [0.5, 0.6) is 0 Å². The van der Waals surface area contributed by atoms with Gasteiger partial charge in [-0.25, -0.2) is 0 Å². The Morgan fingerprint density at radius 2 is 1.26 bits per heavy atom. The molecule has 0 amide bonds. The first-order valence-corrected chi connectivity index (χ1v) is 8.94. The van der Waals surface area contributed by atoms with Crippen molar-refractivity contribution >= 4 is 0 Å². The first kappa shape index (κ1) is 12.7. The van der Waals surface area contributed by atoms with Gasteiger partial charge in [0.15, 0.2) is 0 Å². The summed E-state index contributed by atoms with van der Waals surface area (Å²) in [6.07, 6.45) is 16.9. The van der Waals surface area contributed by atoms with E-state index < -0.39 is 0 Å². The molecule has 0 nitrogen and oxygen atoms in total. The van der Waals surface area contributed by atoms with E-state index in [4.69, 9.17) is 0 Å². The Morgan fingerprint density at radius 1 is 0.789 bits per heavy atom. The zero-order valence-corrected chi connectivity index (χ0v) is 13.0. The van der Waals surface area contributed by atoms with Crippen molar-refractivity contribution in [1.82, 2.24) is 0 Å². The molecule has 0 heterocycles. The van der Waals surface area contributed by atoms with Crippen LogP contribution in [0.3, 0.4) is 0 Å². The van der Waals surface area contributed by atoms with Gasteiger partial charge in [0.1, 0.15) is 0 Å². The summed E-state index contributed by atoms with van der Waals surface area (Å²) in [5.74, 6) is 5.27. The van der Waals surface area contributed by atoms with E-state index in [9.17, 15) is 0 Å². The third-order valence-corrected chi connectivity index (χ3v) is 7.70. The van der Waals surface area contributed by atoms with Gasteiger partial charge < -0.3 is 0 Å². The van der Waals surface area contributed by atoms with Gasteiger partial charge in [-0.05, 0) is 85.9 Å². The molecular weight excluding hydrogens is 228 g/mol. The molecule has 5 aliphatic carbocycles. The third kappa shape index (κ3) is 1.92. The van der Waals surface area contributed by atoms with E-state index in [1.54, 1.807) is 38.5 Å². The Hall–Kier alpha value is 0. The minimum Gasteiger partial charge on any atom is -0.0591 e. The van der Waals surface area contributed by atoms with Gasteiger partial charge in [-0.15, -0.1) is 0 Å². The average Bonchev–Trinajstić information content (AvgIpc) is 2.37. The molecule has 4 bridgehead atoms. The highest BCUT2D eigenvalue weighted by Gasteiger charge is 2.56. The number of hydrogen-bond acceptors (Lipinski definition) is 0. The maximum Gasteiger partial charge on any atom is -0.0151 e. The van der Waals surface area contributed by atoms with E-state index in [2.05, 4.69) is 13.8 Å². The van der Waals surface area contributed by atoms with Gasteiger partial charge in [0.25, 0.3) is 0 Å². The Bertz CT molecular complexity index is 312. The van der Waals surface area contributed by atoms with Crippen molar-refractivity contribution in [3.8, 4) is 0 Å². The SMILES string of the molecule is C[C](C1(C)CCCCC1)C12CC3CC(CC(C3)C1)C2. The van der Waals surface area contributed by atoms with Crippen LogP contribution >= 0.6 is 0 Å². The number of hydrogen-bond donors (Lipinski definition) is 0. The summed E-state index contributed by atoms with van der Waals surface area (Å²) in [7, 11) is 0. The Kier molecular flexibility index (Phi) is 2.84. The van der Waals surface area contributed by atoms with Gasteiger partial charge in [0.2, 0.25) is 0 Å². The van der Waals surface area contributed by atoms with Crippen LogP contribution in [0.4, 0.5) is 0 Å². The largest absolute Gasteiger partial charge is 0.0591 e. The molecule has 0 aromatic carbocycles. The van der Waals surface area contributed by atoms with Crippen LogP contribution in [0.15, 0.2) is 0 Å². The van der Waals surface area contributed by atoms with Gasteiger partial charge in [0, 0.05) is 0 Å². The van der Waals surface area contributed by atoms with E-state index >= 15 is 0 Å². The zero-order chi connectivity index (χ0) is 13.1. The fourth-order valence-corrected chi connectivity index (χ4v) is 6.92. The van der Waals surface area contributed by atoms with Crippen molar-refractivity contribution in [3.05, 3.63) is 5.92 Å². The van der Waals surface area contributed by atoms with E-state index in [1.807, 2.05) is 5.92 Å². The van der Waals surface area contributed by atoms with Crippen molar-refractivity contribution in [2.45, 2.75) is 84.5 Å². The molecule has 5 rings (SSSR count). The predicted octanol–water partition coefficient (Wildman–Crippen LogP) is 5.77. The Labute approximate surface area is 119 Å². The summed E-state index contributed by atoms with van der Waals surface area (Å²) in [6, 6.07) is 0. The highest BCUT2D eigenvalue weighted by atomic mass is 14.6. The van der Waals surface area contributed by atoms with Crippen LogP contribution in [-0.2, 0) is 0 Å². The van der Waals surface area contributed by atoms with Gasteiger partial charge in [-0.2, -0.15) is 0 Å². The van der Waals surface area contributed by atoms with E-state index in [0.29, 0.717) is 10.8 Å². The van der Waals surface area contributed by atoms with Gasteiger partial charge in [-0.3, -0.25) is 0 Å². The molecule has 19 heavy (non-hydrogen) atoms. The molecule has 5 saturated carbocycles. The molecule has 5 aliphatic rings. The molecule has 0 heteroatoms. The zero-order valence-electron chi connectivity index (χ0n) is 13.0. The van der Waals surface area contributed by atoms with Crippen LogP contribution in [0.1, 0.15) is 84.5 Å². The summed E-state index contributed by atoms with van der Waals surface area (Å²) in [4.78, 5) is 0. The van der Waals surface area contributed by atoms with Crippen LogP contribution in [0.25, 0.3) is 0 Å². The highest BCUT2D eigenvalue weighted by Crippen LogP contribution is 2.67. The maximum atomic E-state index is 2.61. The molecule has 107 valence electrons. The molecule has 0 aromatic rings. The average molecular weight is 259 g/mol. The Morgan fingerprint density at radius 3 is 1.74 bits per heavy atom. The lowest BCUT2D eigenvalue weighted by atomic mass is 9.43. The van der Waals surface area contributed by atoms with Gasteiger partial charge in [-0.1, -0.05) is 33.1 Å². The van der Waals surface area contributed by atoms with Crippen LogP contribution < -0.4 is 0 Å². The first-order chi connectivity index (χ1) is 9.10. The first-order valence-electron chi connectivity index (χ1n) is 8.94. The topological polar surface area (TPSA) is 0 Å². The van der Waals surface area contributed by atoms with Crippen molar-refractivity contribution in [3.63, 3.8) is 0 Å². The van der Waals surface area contributed by atoms with Crippen molar-refractivity contribution in [2.75, 3.05) is 0 Å². The molecule has 0 spiro atoms. The molecule has 0 aliphatic heterocycles. The highest BCUT2D eigenvalue weighted by molar-refractivity contribution is 5.19. The van der Waals surface area contributed by atoms with E-state index in [0.717, 1.165) is 17.8 Å². The molecular formula is C19H31. The van der Waals surface area contributed by atoms with Gasteiger partial charge >= 0.3 is 0 Å². The summed E-state index contributed by atoms with van der Waals surface area (Å²) in [6.45, 7) is 5.19. The standard InChI is InChI=1S/C19H31/c1-14(18(2)6-4-3-5-7-18)19-11-15-8-16(12-19)10-17(9-15)13-19/h15-17H,3-13H2,1-2H3. The lowest BCUT2D eigenvalue weighted by Crippen LogP contribution is -2.51. The lowest BCUT2D eigenvalue weighted by molar-refractivity contribution is -0.0616. The second kappa shape index (κ2) is 4.25. The minimum atomic E-state index is 0.601. The predicted molar refractivity (Wildman–Crippen MR) is 80.7 cm³/mol. The van der Waals surface area contributed by atoms with Crippen LogP contribution in [-0.4, -0.2) is 0 Å². The molecule has 1 radical (unpaired) electrons. The van der Waals surface area contributed by atoms with E-state index in [1.165, 1.54) is 32.1 Å². The summed E-state index contributed by atoms with van der Waals surface area (Å²) < 4.78 is 0. The molecule has 0 saturated heterocycles. The third-order valence-electron chi connectivity index (χ3n) is 7.70. The smallest absolute Gasteiger partial charge is 0.0151 e. The normalized spacial score (nSPS) is 47.8. The minimum absolute atomic E-state index is 0.601. The van der Waals surface area contributed by atoms with Crippen molar-refractivity contribution in [2.24, 2.45) is 28.6 Å². The van der Waals surface area contributed by atoms with Crippen molar-refractivity contribution in [1.29, 1.82) is 0 Å². The summed E-state index contributed by atoms with van der Waals surface area (Å²) in [5.41, 5.74) is 1.30. The van der Waals surface area contributed by atoms with Crippen LogP contribution in [0.2, 0.25) is 0 Å². The Balaban J connectivity index is 1.60. The lowest BCUT2D eigenvalue weighted by Gasteiger charge is -2.62. The van der Waals surface area contributed by atoms with Gasteiger partial charge in [0.05, 0.1) is 0 Å². The molecule has 0 aromatic heterocycles. The maximum absolute atomic E-state index is 2.61. The van der Waals surface area contributed by atoms with E-state index in [-0.39, 0.29) is 0 Å². The van der Waals surface area contributed by atoms with Crippen LogP contribution in [0, 0.1) is 34.5 Å². The molecule has 0 unspecified atom stereocenters. The fraction of sp³-hybridized carbons (Fsp3) is 0.947. The summed E-state index contributed by atoms with van der Waals surface area (Å²) in [5, 5.41) is 0. The number of rotatable bonds is 2. The fourth-order valence-electron chi connectivity index (χ4n) is 6.92. The quantitative estimate of drug-likeness (QED) is 0.590. The second-order valence-electron chi connectivity index (χ2n) is 8.94.